The van der Waals surface area contributed by atoms with Gasteiger partial charge in [-0.2, -0.15) is 4.39 Å². The Hall–Kier alpha value is -1.03. The van der Waals surface area contributed by atoms with Crippen LogP contribution in [0.25, 0.3) is 0 Å². The third-order valence-electron chi connectivity index (χ3n) is 1.00. The maximum Gasteiger partial charge on any atom is 0.347 e. The maximum atomic E-state index is 12.5. The molecule has 0 aliphatic heterocycles. The van der Waals surface area contributed by atoms with Gasteiger partial charge < -0.3 is 5.21 Å². The third-order valence-corrected chi connectivity index (χ3v) is 1.21. The summed E-state index contributed by atoms with van der Waals surface area (Å²) in [6, 6.07) is 1.02. The lowest BCUT2D eigenvalue weighted by Crippen LogP contribution is -2.34. The van der Waals surface area contributed by atoms with Crippen LogP contribution in [0.4, 0.5) is 10.2 Å². The molecule has 54 valence electrons. The van der Waals surface area contributed by atoms with E-state index in [2.05, 4.69) is 0 Å². The Kier molecular flexibility index (Phi) is 1.63. The number of halogens is 2. The molecule has 1 aromatic heterocycles. The summed E-state index contributed by atoms with van der Waals surface area (Å²) < 4.78 is 12.9. The Labute approximate surface area is 61.4 Å². The van der Waals surface area contributed by atoms with Gasteiger partial charge in [0.25, 0.3) is 0 Å². The number of hydrogen-bond acceptors (Lipinski definition) is 2. The number of hydrogen-bond donors (Lipinski definition) is 2. The van der Waals surface area contributed by atoms with Gasteiger partial charge in [0.05, 0.1) is 5.02 Å². The molecule has 1 heterocycles. The second-order valence-corrected chi connectivity index (χ2v) is 2.17. The topological polar surface area (TPSA) is 50.1 Å². The van der Waals surface area contributed by atoms with Crippen molar-refractivity contribution in [1.29, 1.82) is 0 Å². The Morgan fingerprint density at radius 2 is 2.30 bits per heavy atom. The Bertz CT molecular complexity index is 243. The van der Waals surface area contributed by atoms with Crippen molar-refractivity contribution in [1.82, 2.24) is 0 Å². The number of pyridine rings is 1. The molecule has 0 unspecified atom stereocenters. The molecule has 0 fully saturated rings. The number of aromatic nitrogens is 1. The zero-order chi connectivity index (χ0) is 7.72. The fraction of sp³-hybridized carbons (Fsp3) is 0. The van der Waals surface area contributed by atoms with Crippen molar-refractivity contribution < 1.29 is 14.3 Å². The molecule has 1 aromatic rings. The van der Waals surface area contributed by atoms with Gasteiger partial charge in [-0.1, -0.05) is 11.6 Å². The fourth-order valence-electron chi connectivity index (χ4n) is 0.528. The van der Waals surface area contributed by atoms with Crippen LogP contribution in [-0.4, -0.2) is 5.21 Å². The molecule has 0 aliphatic rings. The highest BCUT2D eigenvalue weighted by molar-refractivity contribution is 6.30. The minimum absolute atomic E-state index is 0.0919. The van der Waals surface area contributed by atoms with E-state index in [4.69, 9.17) is 22.5 Å². The standard InChI is InChI=1S/C5H4ClFN2O/c6-3-1-4(7)5(8)9(10)2-3/h1-2,8,10H/p+1. The van der Waals surface area contributed by atoms with Crippen LogP contribution in [0, 0.1) is 5.82 Å². The summed E-state index contributed by atoms with van der Waals surface area (Å²) in [4.78, 5) is 0. The van der Waals surface area contributed by atoms with Crippen LogP contribution < -0.4 is 10.5 Å². The Balaban J connectivity index is 3.31. The first-order valence-electron chi connectivity index (χ1n) is 2.46. The van der Waals surface area contributed by atoms with E-state index in [9.17, 15) is 4.39 Å². The van der Waals surface area contributed by atoms with Crippen molar-refractivity contribution in [2.45, 2.75) is 0 Å². The largest absolute Gasteiger partial charge is 0.350 e. The molecule has 0 saturated heterocycles. The van der Waals surface area contributed by atoms with Crippen LogP contribution in [0.15, 0.2) is 12.3 Å². The number of nitrogens with zero attached hydrogens (tertiary/aromatic N) is 1. The molecular formula is C5H5ClFN2O+. The molecule has 0 aliphatic carbocycles. The quantitative estimate of drug-likeness (QED) is 0.434. The highest BCUT2D eigenvalue weighted by atomic mass is 35.5. The van der Waals surface area contributed by atoms with E-state index in [1.54, 1.807) is 0 Å². The van der Waals surface area contributed by atoms with Crippen molar-refractivity contribution >= 4 is 17.4 Å². The number of nitrogens with two attached hydrogens (primary N) is 1. The molecule has 5 heteroatoms. The summed E-state index contributed by atoms with van der Waals surface area (Å²) in [6.45, 7) is 0. The fourth-order valence-corrected chi connectivity index (χ4v) is 0.716. The molecule has 10 heavy (non-hydrogen) atoms. The van der Waals surface area contributed by atoms with Gasteiger partial charge in [0.2, 0.25) is 5.82 Å². The summed E-state index contributed by atoms with van der Waals surface area (Å²) in [5.74, 6) is -1.10. The van der Waals surface area contributed by atoms with Crippen LogP contribution in [0.3, 0.4) is 0 Å². The highest BCUT2D eigenvalue weighted by Gasteiger charge is 2.10. The molecule has 0 radical (unpaired) electrons. The van der Waals surface area contributed by atoms with E-state index >= 15 is 0 Å². The van der Waals surface area contributed by atoms with Crippen molar-refractivity contribution in [3.8, 4) is 0 Å². The van der Waals surface area contributed by atoms with Crippen molar-refractivity contribution in [3.63, 3.8) is 0 Å². The molecule has 0 saturated carbocycles. The van der Waals surface area contributed by atoms with Crippen LogP contribution in [0.1, 0.15) is 0 Å². The van der Waals surface area contributed by atoms with Crippen molar-refractivity contribution in [3.05, 3.63) is 23.1 Å². The van der Waals surface area contributed by atoms with E-state index in [0.717, 1.165) is 12.3 Å². The molecule has 1 rings (SSSR count). The van der Waals surface area contributed by atoms with Gasteiger partial charge in [-0.3, -0.25) is 5.73 Å². The van der Waals surface area contributed by atoms with Gasteiger partial charge in [0.1, 0.15) is 0 Å². The Morgan fingerprint density at radius 3 is 2.80 bits per heavy atom. The molecule has 3 N–H and O–H groups in total. The van der Waals surface area contributed by atoms with Gasteiger partial charge in [-0.25, -0.2) is 0 Å². The van der Waals surface area contributed by atoms with E-state index < -0.39 is 5.82 Å². The first kappa shape index (κ1) is 7.08. The predicted octanol–water partition coefficient (Wildman–Crippen LogP) is 0.586. The zero-order valence-electron chi connectivity index (χ0n) is 4.88. The van der Waals surface area contributed by atoms with Crippen molar-refractivity contribution in [2.75, 3.05) is 5.73 Å². The molecule has 0 aromatic carbocycles. The highest BCUT2D eigenvalue weighted by Crippen LogP contribution is 2.10. The normalized spacial score (nSPS) is 9.80. The molecule has 0 bridgehead atoms. The minimum Gasteiger partial charge on any atom is -0.350 e. The van der Waals surface area contributed by atoms with Gasteiger partial charge in [-0.05, 0) is 4.73 Å². The predicted molar refractivity (Wildman–Crippen MR) is 33.2 cm³/mol. The minimum atomic E-state index is -0.741. The summed E-state index contributed by atoms with van der Waals surface area (Å²) >= 11 is 5.35. The average molecular weight is 164 g/mol. The molecule has 0 atom stereocenters. The third kappa shape index (κ3) is 1.11. The summed E-state index contributed by atoms with van der Waals surface area (Å²) in [5, 5.41) is 8.84. The van der Waals surface area contributed by atoms with Gasteiger partial charge in [0.15, 0.2) is 6.20 Å². The van der Waals surface area contributed by atoms with E-state index in [0.29, 0.717) is 4.73 Å². The van der Waals surface area contributed by atoms with Crippen LogP contribution in [0.2, 0.25) is 5.02 Å². The summed E-state index contributed by atoms with van der Waals surface area (Å²) in [7, 11) is 0. The maximum absolute atomic E-state index is 12.5. The van der Waals surface area contributed by atoms with Crippen molar-refractivity contribution in [2.24, 2.45) is 0 Å². The first-order valence-corrected chi connectivity index (χ1v) is 2.84. The van der Waals surface area contributed by atoms with E-state index in [1.807, 2.05) is 0 Å². The molecule has 0 amide bonds. The smallest absolute Gasteiger partial charge is 0.347 e. The van der Waals surface area contributed by atoms with Gasteiger partial charge in [-0.15, -0.1) is 0 Å². The Morgan fingerprint density at radius 1 is 1.70 bits per heavy atom. The summed E-state index contributed by atoms with van der Waals surface area (Å²) in [6.07, 6.45) is 1.10. The molecule has 0 spiro atoms. The lowest BCUT2D eigenvalue weighted by Gasteiger charge is -1.93. The number of nitrogen functional groups attached to an aromatic ring is 1. The monoisotopic (exact) mass is 163 g/mol. The zero-order valence-corrected chi connectivity index (χ0v) is 5.64. The lowest BCUT2D eigenvalue weighted by atomic mass is 10.4. The van der Waals surface area contributed by atoms with Gasteiger partial charge >= 0.3 is 5.82 Å². The van der Waals surface area contributed by atoms with E-state index in [-0.39, 0.29) is 10.8 Å². The average Bonchev–Trinajstić information content (AvgIpc) is 1.82. The van der Waals surface area contributed by atoms with Crippen LogP contribution in [-0.2, 0) is 0 Å². The van der Waals surface area contributed by atoms with Crippen LogP contribution in [0.5, 0.6) is 0 Å². The lowest BCUT2D eigenvalue weighted by molar-refractivity contribution is -0.894. The second kappa shape index (κ2) is 2.30. The molecule has 3 nitrogen and oxygen atoms in total. The SMILES string of the molecule is Nc1c(F)cc(Cl)c[n+]1O. The first-order chi connectivity index (χ1) is 4.61. The number of anilines is 1. The molecular weight excluding hydrogens is 159 g/mol. The second-order valence-electron chi connectivity index (χ2n) is 1.74. The number of rotatable bonds is 0. The van der Waals surface area contributed by atoms with Gasteiger partial charge in [0, 0.05) is 6.07 Å². The summed E-state index contributed by atoms with van der Waals surface area (Å²) in [5.41, 5.74) is 5.03. The van der Waals surface area contributed by atoms with E-state index in [1.165, 1.54) is 0 Å². The van der Waals surface area contributed by atoms with Crippen LogP contribution >= 0.6 is 11.6 Å².